The van der Waals surface area contributed by atoms with Gasteiger partial charge in [-0.25, -0.2) is 0 Å². The number of hydrogen-bond donors (Lipinski definition) is 1. The van der Waals surface area contributed by atoms with Crippen molar-refractivity contribution >= 4 is 11.9 Å². The molecular formula is C20H22O4. The zero-order chi connectivity index (χ0) is 16.8. The number of hydrogen-bond acceptors (Lipinski definition) is 3. The lowest BCUT2D eigenvalue weighted by atomic mass is 9.37. The fourth-order valence-corrected chi connectivity index (χ4v) is 7.67. The van der Waals surface area contributed by atoms with Crippen molar-refractivity contribution in [2.45, 2.75) is 43.9 Å². The van der Waals surface area contributed by atoms with Crippen molar-refractivity contribution in [2.24, 2.45) is 22.2 Å². The number of carboxylic acid groups (broad SMARTS) is 1. The highest BCUT2D eigenvalue weighted by molar-refractivity contribution is 5.85. The van der Waals surface area contributed by atoms with E-state index in [2.05, 4.69) is 12.1 Å². The number of carbonyl (C=O) groups excluding carboxylic acids is 1. The predicted octanol–water partition coefficient (Wildman–Crippen LogP) is 3.15. The topological polar surface area (TPSA) is 63.6 Å². The van der Waals surface area contributed by atoms with Crippen LogP contribution in [0.4, 0.5) is 0 Å². The van der Waals surface area contributed by atoms with Crippen LogP contribution in [0.3, 0.4) is 0 Å². The van der Waals surface area contributed by atoms with Crippen LogP contribution in [0.15, 0.2) is 30.3 Å². The van der Waals surface area contributed by atoms with Crippen LogP contribution in [0.2, 0.25) is 0 Å². The molecule has 1 aromatic rings. The predicted molar refractivity (Wildman–Crippen MR) is 86.3 cm³/mol. The van der Waals surface area contributed by atoms with E-state index in [1.807, 2.05) is 18.2 Å². The molecule has 1 aromatic carbocycles. The number of aliphatic carboxylic acids is 1. The lowest BCUT2D eigenvalue weighted by molar-refractivity contribution is -0.187. The molecule has 1 N–H and O–H groups in total. The molecule has 0 radical (unpaired) electrons. The normalized spacial score (nSPS) is 47.1. The van der Waals surface area contributed by atoms with Crippen LogP contribution in [0.25, 0.3) is 0 Å². The van der Waals surface area contributed by atoms with Crippen molar-refractivity contribution in [3.8, 4) is 0 Å². The van der Waals surface area contributed by atoms with Crippen molar-refractivity contribution in [3.05, 3.63) is 35.9 Å². The Hall–Kier alpha value is -1.84. The van der Waals surface area contributed by atoms with Gasteiger partial charge >= 0.3 is 11.9 Å². The van der Waals surface area contributed by atoms with Crippen LogP contribution in [-0.4, -0.2) is 24.2 Å². The second-order valence-corrected chi connectivity index (χ2v) is 8.70. The van der Waals surface area contributed by atoms with Crippen molar-refractivity contribution in [1.29, 1.82) is 0 Å². The van der Waals surface area contributed by atoms with E-state index in [9.17, 15) is 14.7 Å². The molecule has 5 rings (SSSR count). The summed E-state index contributed by atoms with van der Waals surface area (Å²) in [5, 5.41) is 10.1. The molecular weight excluding hydrogens is 304 g/mol. The van der Waals surface area contributed by atoms with Crippen LogP contribution < -0.4 is 0 Å². The van der Waals surface area contributed by atoms with E-state index in [1.54, 1.807) is 0 Å². The molecule has 1 spiro atoms. The molecule has 4 fully saturated rings. The maximum Gasteiger partial charge on any atom is 0.311 e. The first-order chi connectivity index (χ1) is 11.4. The van der Waals surface area contributed by atoms with Crippen LogP contribution >= 0.6 is 0 Å². The van der Waals surface area contributed by atoms with Gasteiger partial charge in [-0.1, -0.05) is 30.3 Å². The molecule has 0 aliphatic heterocycles. The monoisotopic (exact) mass is 326 g/mol. The van der Waals surface area contributed by atoms with E-state index >= 15 is 0 Å². The number of fused-ring (bicyclic) bond motifs is 2. The van der Waals surface area contributed by atoms with Crippen LogP contribution in [0, 0.1) is 22.2 Å². The Bertz CT molecular complexity index is 758. The number of carboxylic acids is 1. The summed E-state index contributed by atoms with van der Waals surface area (Å²) in [6.07, 6.45) is 4.59. The number of esters is 1. The Morgan fingerprint density at radius 1 is 1.08 bits per heavy atom. The molecule has 4 aliphatic rings. The third-order valence-electron chi connectivity index (χ3n) is 8.02. The molecule has 0 saturated heterocycles. The average Bonchev–Trinajstić information content (AvgIpc) is 2.88. The van der Waals surface area contributed by atoms with Crippen molar-refractivity contribution in [2.75, 3.05) is 7.11 Å². The van der Waals surface area contributed by atoms with Crippen molar-refractivity contribution in [1.82, 2.24) is 0 Å². The fourth-order valence-electron chi connectivity index (χ4n) is 7.67. The summed E-state index contributed by atoms with van der Waals surface area (Å²) in [5.41, 5.74) is -0.354. The van der Waals surface area contributed by atoms with Gasteiger partial charge < -0.3 is 9.84 Å². The number of methoxy groups -OCH3 is 1. The minimum absolute atomic E-state index is 0.127. The molecule has 0 heterocycles. The van der Waals surface area contributed by atoms with E-state index in [-0.39, 0.29) is 16.8 Å². The van der Waals surface area contributed by atoms with Crippen molar-refractivity contribution < 1.29 is 19.4 Å². The molecule has 0 aromatic heterocycles. The summed E-state index contributed by atoms with van der Waals surface area (Å²) in [5.74, 6) is -0.446. The van der Waals surface area contributed by atoms with Gasteiger partial charge in [0.1, 0.15) is 0 Å². The number of ether oxygens (including phenoxy) is 1. The zero-order valence-electron chi connectivity index (χ0n) is 13.9. The van der Waals surface area contributed by atoms with Gasteiger partial charge in [0.05, 0.1) is 17.9 Å². The minimum Gasteiger partial charge on any atom is -0.481 e. The Kier molecular flexibility index (Phi) is 2.44. The minimum atomic E-state index is -0.654. The summed E-state index contributed by atoms with van der Waals surface area (Å²) in [6, 6.07) is 10.3. The summed E-state index contributed by atoms with van der Waals surface area (Å²) >= 11 is 0. The van der Waals surface area contributed by atoms with Crippen LogP contribution in [0.1, 0.15) is 44.1 Å². The van der Waals surface area contributed by atoms with E-state index < -0.39 is 16.8 Å². The SMILES string of the molecule is COC(=O)C12CC3CC4(C(=O)O)CC(c5ccccc5)(C1)C4(C3)C2. The Balaban J connectivity index is 1.73. The molecule has 4 aliphatic carbocycles. The molecule has 5 atom stereocenters. The highest BCUT2D eigenvalue weighted by Gasteiger charge is 2.87. The van der Waals surface area contributed by atoms with Gasteiger partial charge in [0.2, 0.25) is 0 Å². The summed E-state index contributed by atoms with van der Waals surface area (Å²) in [4.78, 5) is 25.0. The van der Waals surface area contributed by atoms with E-state index in [4.69, 9.17) is 4.74 Å². The number of benzene rings is 1. The maximum absolute atomic E-state index is 12.7. The molecule has 5 unspecified atom stereocenters. The van der Waals surface area contributed by atoms with E-state index in [1.165, 1.54) is 12.7 Å². The Morgan fingerprint density at radius 3 is 2.50 bits per heavy atom. The molecule has 4 heteroatoms. The van der Waals surface area contributed by atoms with Gasteiger partial charge in [-0.3, -0.25) is 9.59 Å². The standard InChI is InChI=1S/C20H22O4/c1-24-16(23)17-7-13-8-18(15(21)22)12-19(10-17,20(18,9-13)11-17)14-5-3-2-4-6-14/h2-6,13H,7-12H2,1H3,(H,21,22). The third kappa shape index (κ3) is 1.24. The molecule has 24 heavy (non-hydrogen) atoms. The van der Waals surface area contributed by atoms with Gasteiger partial charge in [0.15, 0.2) is 0 Å². The summed E-state index contributed by atoms with van der Waals surface area (Å²) in [7, 11) is 1.46. The van der Waals surface area contributed by atoms with E-state index in [0.717, 1.165) is 25.7 Å². The molecule has 126 valence electrons. The Morgan fingerprint density at radius 2 is 1.83 bits per heavy atom. The number of carbonyl (C=O) groups is 2. The first-order valence-electron chi connectivity index (χ1n) is 8.81. The average molecular weight is 326 g/mol. The summed E-state index contributed by atoms with van der Waals surface area (Å²) in [6.45, 7) is 0. The van der Waals surface area contributed by atoms with Crippen LogP contribution in [0.5, 0.6) is 0 Å². The first kappa shape index (κ1) is 14.5. The molecule has 4 nitrogen and oxygen atoms in total. The van der Waals surface area contributed by atoms with Gasteiger partial charge in [-0.05, 0) is 55.4 Å². The first-order valence-corrected chi connectivity index (χ1v) is 8.81. The zero-order valence-corrected chi connectivity index (χ0v) is 13.9. The Labute approximate surface area is 141 Å². The van der Waals surface area contributed by atoms with Gasteiger partial charge in [0, 0.05) is 5.41 Å². The van der Waals surface area contributed by atoms with E-state index in [0.29, 0.717) is 18.8 Å². The van der Waals surface area contributed by atoms with Gasteiger partial charge in [-0.2, -0.15) is 0 Å². The molecule has 0 amide bonds. The third-order valence-corrected chi connectivity index (χ3v) is 8.02. The fraction of sp³-hybridized carbons (Fsp3) is 0.600. The maximum atomic E-state index is 12.7. The summed E-state index contributed by atoms with van der Waals surface area (Å²) < 4.78 is 5.19. The second-order valence-electron chi connectivity index (χ2n) is 8.70. The van der Waals surface area contributed by atoms with Gasteiger partial charge in [0.25, 0.3) is 0 Å². The lowest BCUT2D eigenvalue weighted by Crippen LogP contribution is -2.65. The van der Waals surface area contributed by atoms with Crippen molar-refractivity contribution in [3.63, 3.8) is 0 Å². The quantitative estimate of drug-likeness (QED) is 0.867. The molecule has 4 saturated carbocycles. The second kappa shape index (κ2) is 4.04. The van der Waals surface area contributed by atoms with Gasteiger partial charge in [-0.15, -0.1) is 0 Å². The number of rotatable bonds is 3. The smallest absolute Gasteiger partial charge is 0.311 e. The molecule has 3 bridgehead atoms. The highest BCUT2D eigenvalue weighted by Crippen LogP contribution is 2.88. The van der Waals surface area contributed by atoms with Crippen LogP contribution in [-0.2, 0) is 19.7 Å². The largest absolute Gasteiger partial charge is 0.481 e. The highest BCUT2D eigenvalue weighted by atomic mass is 16.5. The lowest BCUT2D eigenvalue weighted by Gasteiger charge is -2.64.